The molecule has 104 valence electrons. The van der Waals surface area contributed by atoms with E-state index in [9.17, 15) is 12.8 Å². The molecule has 0 atom stereocenters. The summed E-state index contributed by atoms with van der Waals surface area (Å²) in [7, 11) is -3.81. The number of rotatable bonds is 3. The normalized spacial score (nSPS) is 17.3. The Labute approximate surface area is 116 Å². The Hall–Kier alpha value is -1.09. The van der Waals surface area contributed by atoms with Crippen molar-refractivity contribution >= 4 is 27.2 Å². The van der Waals surface area contributed by atoms with Gasteiger partial charge in [0.1, 0.15) is 10.8 Å². The zero-order chi connectivity index (χ0) is 14.0. The minimum Gasteiger partial charge on any atom is -0.389 e. The van der Waals surface area contributed by atoms with E-state index in [1.54, 1.807) is 0 Å². The topological polar surface area (TPSA) is 72.6 Å². The average molecular weight is 304 g/mol. The van der Waals surface area contributed by atoms with Gasteiger partial charge >= 0.3 is 0 Å². The Morgan fingerprint density at radius 1 is 1.37 bits per heavy atom. The van der Waals surface area contributed by atoms with E-state index >= 15 is 0 Å². The molecule has 1 heterocycles. The van der Waals surface area contributed by atoms with Crippen LogP contribution in [-0.4, -0.2) is 44.0 Å². The lowest BCUT2D eigenvalue weighted by molar-refractivity contribution is 0.0730. The molecule has 1 aromatic rings. The molecular weight excluding hydrogens is 291 g/mol. The molecule has 2 rings (SSSR count). The van der Waals surface area contributed by atoms with Crippen molar-refractivity contribution in [1.82, 2.24) is 4.31 Å². The molecule has 2 N–H and O–H groups in total. The second kappa shape index (κ2) is 5.49. The second-order valence-corrected chi connectivity index (χ2v) is 6.34. The summed E-state index contributed by atoms with van der Waals surface area (Å²) in [5.74, 6) is -0.734. The van der Waals surface area contributed by atoms with E-state index in [2.05, 4.69) is 0 Å². The fourth-order valence-corrected chi connectivity index (χ4v) is 3.78. The Balaban J connectivity index is 2.51. The zero-order valence-electron chi connectivity index (χ0n) is 10.0. The van der Waals surface area contributed by atoms with Crippen LogP contribution in [0.1, 0.15) is 5.56 Å². The van der Waals surface area contributed by atoms with E-state index in [1.165, 1.54) is 16.4 Å². The first-order chi connectivity index (χ1) is 8.94. The quantitative estimate of drug-likeness (QED) is 0.822. The van der Waals surface area contributed by atoms with Crippen molar-refractivity contribution in [3.05, 3.63) is 29.6 Å². The molecule has 0 spiro atoms. The van der Waals surface area contributed by atoms with Crippen molar-refractivity contribution < 1.29 is 17.5 Å². The molecule has 1 aliphatic rings. The largest absolute Gasteiger partial charge is 0.389 e. The lowest BCUT2D eigenvalue weighted by Crippen LogP contribution is -2.41. The molecule has 0 aromatic heterocycles. The Morgan fingerprint density at radius 2 is 2.00 bits per heavy atom. The summed E-state index contributed by atoms with van der Waals surface area (Å²) >= 11 is 4.74. The van der Waals surface area contributed by atoms with Crippen LogP contribution in [0.3, 0.4) is 0 Å². The fourth-order valence-electron chi connectivity index (χ4n) is 1.88. The van der Waals surface area contributed by atoms with Crippen molar-refractivity contribution in [2.75, 3.05) is 26.3 Å². The molecule has 1 aliphatic heterocycles. The number of nitrogens with zero attached hydrogens (tertiary/aromatic N) is 1. The van der Waals surface area contributed by atoms with Crippen LogP contribution in [0.15, 0.2) is 23.1 Å². The van der Waals surface area contributed by atoms with Gasteiger partial charge in [-0.05, 0) is 12.1 Å². The number of hydrogen-bond acceptors (Lipinski definition) is 4. The molecule has 0 saturated carbocycles. The molecule has 8 heteroatoms. The van der Waals surface area contributed by atoms with E-state index < -0.39 is 15.8 Å². The van der Waals surface area contributed by atoms with Crippen molar-refractivity contribution in [3.8, 4) is 0 Å². The number of ether oxygens (including phenoxy) is 1. The summed E-state index contributed by atoms with van der Waals surface area (Å²) in [5, 5.41) is 0. The Bertz CT molecular complexity index is 598. The average Bonchev–Trinajstić information content (AvgIpc) is 2.39. The molecular formula is C11H13FN2O3S2. The van der Waals surface area contributed by atoms with Gasteiger partial charge in [0.05, 0.1) is 23.7 Å². The highest BCUT2D eigenvalue weighted by Gasteiger charge is 2.30. The number of nitrogens with two attached hydrogens (primary N) is 1. The number of hydrogen-bond donors (Lipinski definition) is 1. The minimum atomic E-state index is -3.81. The zero-order valence-corrected chi connectivity index (χ0v) is 11.6. The summed E-state index contributed by atoms with van der Waals surface area (Å²) in [5.41, 5.74) is 5.19. The van der Waals surface area contributed by atoms with Crippen LogP contribution in [-0.2, 0) is 14.8 Å². The number of thiocarbonyl (C=S) groups is 1. The van der Waals surface area contributed by atoms with E-state index in [1.807, 2.05) is 0 Å². The lowest BCUT2D eigenvalue weighted by Gasteiger charge is -2.26. The van der Waals surface area contributed by atoms with Crippen LogP contribution >= 0.6 is 12.2 Å². The van der Waals surface area contributed by atoms with Crippen molar-refractivity contribution in [3.63, 3.8) is 0 Å². The summed E-state index contributed by atoms with van der Waals surface area (Å²) < 4.78 is 45.0. The summed E-state index contributed by atoms with van der Waals surface area (Å²) in [6.07, 6.45) is 0. The smallest absolute Gasteiger partial charge is 0.244 e. The molecule has 5 nitrogen and oxygen atoms in total. The first-order valence-corrected chi connectivity index (χ1v) is 7.45. The fraction of sp³-hybridized carbons (Fsp3) is 0.364. The predicted molar refractivity (Wildman–Crippen MR) is 71.9 cm³/mol. The number of halogens is 1. The molecule has 1 aromatic carbocycles. The maximum Gasteiger partial charge on any atom is 0.244 e. The molecule has 19 heavy (non-hydrogen) atoms. The van der Waals surface area contributed by atoms with Gasteiger partial charge in [-0.2, -0.15) is 4.31 Å². The van der Waals surface area contributed by atoms with Crippen LogP contribution in [0.5, 0.6) is 0 Å². The first-order valence-electron chi connectivity index (χ1n) is 5.61. The van der Waals surface area contributed by atoms with Crippen LogP contribution in [0.4, 0.5) is 4.39 Å². The summed E-state index contributed by atoms with van der Waals surface area (Å²) in [6, 6.07) is 3.76. The van der Waals surface area contributed by atoms with E-state index in [-0.39, 0.29) is 28.5 Å². The van der Waals surface area contributed by atoms with Gasteiger partial charge in [-0.1, -0.05) is 18.3 Å². The maximum atomic E-state index is 13.7. The molecule has 1 saturated heterocycles. The standard InChI is InChI=1S/C11H13FN2O3S2/c12-8-2-1-3-9(10(8)11(13)18)19(15,16)14-4-6-17-7-5-14/h1-3H,4-7H2,(H2,13,18). The molecule has 0 radical (unpaired) electrons. The van der Waals surface area contributed by atoms with Crippen LogP contribution in [0, 0.1) is 5.82 Å². The maximum absolute atomic E-state index is 13.7. The predicted octanol–water partition coefficient (Wildman–Crippen LogP) is 0.481. The highest BCUT2D eigenvalue weighted by molar-refractivity contribution is 7.89. The third-order valence-electron chi connectivity index (χ3n) is 2.81. The molecule has 0 aliphatic carbocycles. The molecule has 0 unspecified atom stereocenters. The molecule has 0 bridgehead atoms. The molecule has 0 amide bonds. The van der Waals surface area contributed by atoms with Gasteiger partial charge in [0.15, 0.2) is 0 Å². The van der Waals surface area contributed by atoms with Crippen molar-refractivity contribution in [2.24, 2.45) is 5.73 Å². The second-order valence-electron chi connectivity index (χ2n) is 3.99. The van der Waals surface area contributed by atoms with Gasteiger partial charge in [-0.25, -0.2) is 12.8 Å². The number of morpholine rings is 1. The first kappa shape index (κ1) is 14.3. The van der Waals surface area contributed by atoms with Crippen molar-refractivity contribution in [1.29, 1.82) is 0 Å². The number of benzene rings is 1. The minimum absolute atomic E-state index is 0.193. The van der Waals surface area contributed by atoms with E-state index in [0.29, 0.717) is 13.2 Å². The van der Waals surface area contributed by atoms with Gasteiger partial charge in [-0.15, -0.1) is 0 Å². The number of sulfonamides is 1. The van der Waals surface area contributed by atoms with Crippen LogP contribution in [0.2, 0.25) is 0 Å². The van der Waals surface area contributed by atoms with Crippen LogP contribution in [0.25, 0.3) is 0 Å². The highest BCUT2D eigenvalue weighted by Crippen LogP contribution is 2.23. The van der Waals surface area contributed by atoms with E-state index in [0.717, 1.165) is 6.07 Å². The van der Waals surface area contributed by atoms with Gasteiger partial charge < -0.3 is 10.5 Å². The molecule has 1 fully saturated rings. The third kappa shape index (κ3) is 2.76. The third-order valence-corrected chi connectivity index (χ3v) is 4.95. The van der Waals surface area contributed by atoms with Gasteiger partial charge in [0.2, 0.25) is 10.0 Å². The van der Waals surface area contributed by atoms with Crippen molar-refractivity contribution in [2.45, 2.75) is 4.90 Å². The van der Waals surface area contributed by atoms with Gasteiger partial charge in [-0.3, -0.25) is 0 Å². The Morgan fingerprint density at radius 3 is 2.58 bits per heavy atom. The summed E-state index contributed by atoms with van der Waals surface area (Å²) in [4.78, 5) is -0.466. The van der Waals surface area contributed by atoms with Gasteiger partial charge in [0, 0.05) is 13.1 Å². The lowest BCUT2D eigenvalue weighted by atomic mass is 10.2. The highest BCUT2D eigenvalue weighted by atomic mass is 32.2. The van der Waals surface area contributed by atoms with E-state index in [4.69, 9.17) is 22.7 Å². The monoisotopic (exact) mass is 304 g/mol. The van der Waals surface area contributed by atoms with Gasteiger partial charge in [0.25, 0.3) is 0 Å². The SMILES string of the molecule is NC(=S)c1c(F)cccc1S(=O)(=O)N1CCOCC1. The Kier molecular flexibility index (Phi) is 4.14. The summed E-state index contributed by atoms with van der Waals surface area (Å²) in [6.45, 7) is 1.10. The van der Waals surface area contributed by atoms with Crippen LogP contribution < -0.4 is 5.73 Å².